The number of likely N-dealkylation sites (tertiary alicyclic amines) is 1. The molecule has 35 heavy (non-hydrogen) atoms. The third-order valence-electron chi connectivity index (χ3n) is 7.56. The lowest BCUT2D eigenvalue weighted by Crippen LogP contribution is -2.47. The molecule has 0 N–H and O–H groups in total. The Labute approximate surface area is 207 Å². The van der Waals surface area contributed by atoms with Crippen molar-refractivity contribution in [3.05, 3.63) is 53.6 Å². The van der Waals surface area contributed by atoms with E-state index < -0.39 is 10.0 Å². The molecule has 0 spiro atoms. The maximum atomic E-state index is 13.3. The minimum Gasteiger partial charge on any atom is -0.333 e. The van der Waals surface area contributed by atoms with Gasteiger partial charge < -0.3 is 4.90 Å². The molecule has 0 unspecified atom stereocenters. The highest BCUT2D eigenvalue weighted by Crippen LogP contribution is 2.30. The van der Waals surface area contributed by atoms with Gasteiger partial charge >= 0.3 is 0 Å². The standard InChI is InChI=1S/C26H33N5O3S/c1-18-7-12-25-24(17-18)27-28-31(25)22-13-15-29(16-14-22)35(33,34)23-10-8-21(9-11-23)26(32)30-19(2)5-4-6-20(30)3/h7-12,17,19-20,22H,4-6,13-16H2,1-3H3/t19-,20+. The van der Waals surface area contributed by atoms with Gasteiger partial charge in [0.05, 0.1) is 16.5 Å². The summed E-state index contributed by atoms with van der Waals surface area (Å²) in [5.41, 5.74) is 3.52. The lowest BCUT2D eigenvalue weighted by molar-refractivity contribution is 0.0510. The number of rotatable bonds is 4. The monoisotopic (exact) mass is 495 g/mol. The van der Waals surface area contributed by atoms with E-state index in [1.807, 2.05) is 34.7 Å². The summed E-state index contributed by atoms with van der Waals surface area (Å²) in [7, 11) is -3.63. The molecule has 2 aliphatic heterocycles. The zero-order chi connectivity index (χ0) is 24.7. The van der Waals surface area contributed by atoms with Crippen LogP contribution >= 0.6 is 0 Å². The number of benzene rings is 2. The van der Waals surface area contributed by atoms with Gasteiger partial charge in [0.1, 0.15) is 5.52 Å². The number of sulfonamides is 1. The first-order valence-corrected chi connectivity index (χ1v) is 13.9. The second-order valence-electron chi connectivity index (χ2n) is 10.0. The molecule has 5 rings (SSSR count). The molecule has 186 valence electrons. The van der Waals surface area contributed by atoms with Crippen molar-refractivity contribution in [3.8, 4) is 0 Å². The van der Waals surface area contributed by atoms with Gasteiger partial charge in [0.25, 0.3) is 5.91 Å². The molecule has 0 aliphatic carbocycles. The first-order chi connectivity index (χ1) is 16.8. The van der Waals surface area contributed by atoms with Gasteiger partial charge in [0.2, 0.25) is 10.0 Å². The van der Waals surface area contributed by atoms with Gasteiger partial charge in [-0.25, -0.2) is 13.1 Å². The van der Waals surface area contributed by atoms with Gasteiger partial charge in [-0.3, -0.25) is 4.79 Å². The van der Waals surface area contributed by atoms with Gasteiger partial charge in [0, 0.05) is 30.7 Å². The van der Waals surface area contributed by atoms with E-state index in [9.17, 15) is 13.2 Å². The van der Waals surface area contributed by atoms with Crippen LogP contribution in [0.1, 0.15) is 67.9 Å². The number of carbonyl (C=O) groups excluding carboxylic acids is 1. The van der Waals surface area contributed by atoms with Crippen molar-refractivity contribution in [2.75, 3.05) is 13.1 Å². The smallest absolute Gasteiger partial charge is 0.254 e. The minimum atomic E-state index is -3.63. The molecule has 9 heteroatoms. The second kappa shape index (κ2) is 9.35. The third-order valence-corrected chi connectivity index (χ3v) is 9.48. The summed E-state index contributed by atoms with van der Waals surface area (Å²) in [5, 5.41) is 8.63. The van der Waals surface area contributed by atoms with Gasteiger partial charge in [-0.1, -0.05) is 11.3 Å². The number of aromatic nitrogens is 3. The van der Waals surface area contributed by atoms with Crippen molar-refractivity contribution >= 4 is 27.0 Å². The fourth-order valence-corrected chi connectivity index (χ4v) is 7.01. The summed E-state index contributed by atoms with van der Waals surface area (Å²) >= 11 is 0. The molecular formula is C26H33N5O3S. The van der Waals surface area contributed by atoms with Crippen molar-refractivity contribution < 1.29 is 13.2 Å². The van der Waals surface area contributed by atoms with Gasteiger partial charge in [-0.05, 0) is 94.8 Å². The molecule has 2 atom stereocenters. The van der Waals surface area contributed by atoms with Gasteiger partial charge in [0.15, 0.2) is 0 Å². The fraction of sp³-hybridized carbons (Fsp3) is 0.500. The Morgan fingerprint density at radius 1 is 0.943 bits per heavy atom. The number of hydrogen-bond donors (Lipinski definition) is 0. The number of hydrogen-bond acceptors (Lipinski definition) is 5. The van der Waals surface area contributed by atoms with Crippen LogP contribution < -0.4 is 0 Å². The molecule has 2 aromatic carbocycles. The fourth-order valence-electron chi connectivity index (χ4n) is 5.54. The molecule has 3 aromatic rings. The van der Waals surface area contributed by atoms with Crippen LogP contribution in [0.4, 0.5) is 0 Å². The highest BCUT2D eigenvalue weighted by atomic mass is 32.2. The van der Waals surface area contributed by atoms with Crippen molar-refractivity contribution in [1.29, 1.82) is 0 Å². The van der Waals surface area contributed by atoms with Crippen LogP contribution in [0.2, 0.25) is 0 Å². The number of fused-ring (bicyclic) bond motifs is 1. The summed E-state index contributed by atoms with van der Waals surface area (Å²) in [4.78, 5) is 15.3. The predicted octanol–water partition coefficient (Wildman–Crippen LogP) is 4.17. The quantitative estimate of drug-likeness (QED) is 0.542. The highest BCUT2D eigenvalue weighted by Gasteiger charge is 2.32. The average Bonchev–Trinajstić information content (AvgIpc) is 3.27. The van der Waals surface area contributed by atoms with E-state index in [-0.39, 0.29) is 28.9 Å². The highest BCUT2D eigenvalue weighted by molar-refractivity contribution is 7.89. The normalized spacial score (nSPS) is 22.5. The first-order valence-electron chi connectivity index (χ1n) is 12.5. The molecule has 0 saturated carbocycles. The molecule has 8 nitrogen and oxygen atoms in total. The Balaban J connectivity index is 1.27. The van der Waals surface area contributed by atoms with E-state index in [0.717, 1.165) is 35.9 Å². The van der Waals surface area contributed by atoms with Crippen LogP contribution in [0.3, 0.4) is 0 Å². The Hall–Kier alpha value is -2.78. The third kappa shape index (κ3) is 4.47. The summed E-state index contributed by atoms with van der Waals surface area (Å²) < 4.78 is 30.1. The van der Waals surface area contributed by atoms with E-state index in [4.69, 9.17) is 0 Å². The lowest BCUT2D eigenvalue weighted by atomic mass is 9.96. The van der Waals surface area contributed by atoms with E-state index in [1.54, 1.807) is 28.6 Å². The lowest BCUT2D eigenvalue weighted by Gasteiger charge is -2.39. The second-order valence-corrected chi connectivity index (χ2v) is 12.0. The van der Waals surface area contributed by atoms with Gasteiger partial charge in [-0.15, -0.1) is 5.10 Å². The summed E-state index contributed by atoms with van der Waals surface area (Å²) in [6.45, 7) is 7.03. The van der Waals surface area contributed by atoms with Crippen LogP contribution in [-0.2, 0) is 10.0 Å². The zero-order valence-corrected chi connectivity index (χ0v) is 21.4. The summed E-state index contributed by atoms with van der Waals surface area (Å²) in [6, 6.07) is 13.0. The molecule has 3 heterocycles. The minimum absolute atomic E-state index is 0.0234. The van der Waals surface area contributed by atoms with E-state index in [0.29, 0.717) is 31.5 Å². The maximum Gasteiger partial charge on any atom is 0.254 e. The molecule has 2 saturated heterocycles. The Kier molecular flexibility index (Phi) is 6.40. The Morgan fingerprint density at radius 3 is 2.26 bits per heavy atom. The molecule has 0 bridgehead atoms. The van der Waals surface area contributed by atoms with E-state index >= 15 is 0 Å². The number of nitrogens with zero attached hydrogens (tertiary/aromatic N) is 5. The van der Waals surface area contributed by atoms with E-state index in [1.165, 1.54) is 0 Å². The number of piperidine rings is 2. The van der Waals surface area contributed by atoms with Crippen LogP contribution in [0, 0.1) is 6.92 Å². The molecule has 1 aromatic heterocycles. The van der Waals surface area contributed by atoms with E-state index in [2.05, 4.69) is 24.2 Å². The van der Waals surface area contributed by atoms with Crippen LogP contribution in [-0.4, -0.2) is 63.7 Å². The van der Waals surface area contributed by atoms with Crippen LogP contribution in [0.25, 0.3) is 11.0 Å². The number of carbonyl (C=O) groups is 1. The predicted molar refractivity (Wildman–Crippen MR) is 135 cm³/mol. The SMILES string of the molecule is Cc1ccc2c(c1)nnn2C1CCN(S(=O)(=O)c2ccc(C(=O)N3[C@H](C)CCC[C@@H]3C)cc2)CC1. The largest absolute Gasteiger partial charge is 0.333 e. The van der Waals surface area contributed by atoms with Gasteiger partial charge in [-0.2, -0.15) is 4.31 Å². The number of aryl methyl sites for hydroxylation is 1. The maximum absolute atomic E-state index is 13.3. The summed E-state index contributed by atoms with van der Waals surface area (Å²) in [6.07, 6.45) is 4.48. The average molecular weight is 496 g/mol. The molecule has 2 aliphatic rings. The van der Waals surface area contributed by atoms with Crippen LogP contribution in [0.5, 0.6) is 0 Å². The van der Waals surface area contributed by atoms with Crippen LogP contribution in [0.15, 0.2) is 47.4 Å². The number of amides is 1. The first kappa shape index (κ1) is 23.9. The molecule has 1 amide bonds. The topological polar surface area (TPSA) is 88.4 Å². The zero-order valence-electron chi connectivity index (χ0n) is 20.6. The van der Waals surface area contributed by atoms with Crippen molar-refractivity contribution in [2.24, 2.45) is 0 Å². The molecule has 0 radical (unpaired) electrons. The molecule has 2 fully saturated rings. The van der Waals surface area contributed by atoms with Crippen molar-refractivity contribution in [2.45, 2.75) is 75.9 Å². The van der Waals surface area contributed by atoms with Crippen molar-refractivity contribution in [3.63, 3.8) is 0 Å². The summed E-state index contributed by atoms with van der Waals surface area (Å²) in [5.74, 6) is -0.0234. The molecular weight excluding hydrogens is 462 g/mol. The Morgan fingerprint density at radius 2 is 1.60 bits per heavy atom. The van der Waals surface area contributed by atoms with Crippen molar-refractivity contribution in [1.82, 2.24) is 24.2 Å². The Bertz CT molecular complexity index is 1320.